The van der Waals surface area contributed by atoms with Crippen LogP contribution in [-0.4, -0.2) is 36.9 Å². The minimum Gasteiger partial charge on any atom is -0.494 e. The van der Waals surface area contributed by atoms with Crippen molar-refractivity contribution in [1.29, 1.82) is 0 Å². The molecule has 0 unspecified atom stereocenters. The first-order chi connectivity index (χ1) is 9.51. The molecule has 0 saturated carbocycles. The predicted molar refractivity (Wildman–Crippen MR) is 75.9 cm³/mol. The second-order valence-electron chi connectivity index (χ2n) is 4.48. The molecular weight excluding hydrogens is 258 g/mol. The molecule has 0 aliphatic carbocycles. The zero-order valence-corrected chi connectivity index (χ0v) is 12.1. The zero-order chi connectivity index (χ0) is 15.0. The third-order valence-corrected chi connectivity index (χ3v) is 2.48. The van der Waals surface area contributed by atoms with Gasteiger partial charge in [-0.2, -0.15) is 0 Å². The van der Waals surface area contributed by atoms with Gasteiger partial charge in [0.05, 0.1) is 13.2 Å². The lowest BCUT2D eigenvalue weighted by Crippen LogP contribution is -2.44. The van der Waals surface area contributed by atoms with Gasteiger partial charge in [-0.15, -0.1) is 0 Å². The van der Waals surface area contributed by atoms with Gasteiger partial charge in [-0.05, 0) is 31.7 Å². The Hall–Kier alpha value is -2.08. The van der Waals surface area contributed by atoms with E-state index in [1.165, 1.54) is 6.92 Å². The van der Waals surface area contributed by atoms with Gasteiger partial charge in [0.25, 0.3) is 5.91 Å². The van der Waals surface area contributed by atoms with Crippen LogP contribution in [0.25, 0.3) is 0 Å². The van der Waals surface area contributed by atoms with E-state index in [2.05, 4.69) is 10.9 Å². The maximum Gasteiger partial charge on any atom is 0.252 e. The Labute approximate surface area is 119 Å². The number of likely N-dealkylation sites (N-methyl/N-ethyl adjacent to an activating group) is 1. The van der Waals surface area contributed by atoms with Gasteiger partial charge >= 0.3 is 0 Å². The Bertz CT molecular complexity index is 445. The van der Waals surface area contributed by atoms with Crippen molar-refractivity contribution in [3.63, 3.8) is 0 Å². The lowest BCUT2D eigenvalue weighted by molar-refractivity contribution is -0.128. The van der Waals surface area contributed by atoms with Gasteiger partial charge in [0.2, 0.25) is 5.91 Å². The molecule has 0 aromatic heterocycles. The summed E-state index contributed by atoms with van der Waals surface area (Å²) in [5, 5.41) is 0. The number of carbonyl (C=O) groups is 2. The smallest absolute Gasteiger partial charge is 0.252 e. The van der Waals surface area contributed by atoms with Crippen molar-refractivity contribution in [2.45, 2.75) is 20.4 Å². The van der Waals surface area contributed by atoms with Crippen molar-refractivity contribution in [1.82, 2.24) is 15.8 Å². The van der Waals surface area contributed by atoms with E-state index < -0.39 is 0 Å². The first-order valence-corrected chi connectivity index (χ1v) is 6.47. The summed E-state index contributed by atoms with van der Waals surface area (Å²) in [5.41, 5.74) is 5.67. The van der Waals surface area contributed by atoms with Gasteiger partial charge in [0.1, 0.15) is 5.75 Å². The van der Waals surface area contributed by atoms with Crippen LogP contribution >= 0.6 is 0 Å². The second-order valence-corrected chi connectivity index (χ2v) is 4.48. The molecule has 0 heterocycles. The first kappa shape index (κ1) is 16.0. The number of amides is 2. The molecule has 0 aliphatic heterocycles. The quantitative estimate of drug-likeness (QED) is 0.751. The Morgan fingerprint density at radius 1 is 1.20 bits per heavy atom. The van der Waals surface area contributed by atoms with Gasteiger partial charge in [0, 0.05) is 13.5 Å². The van der Waals surface area contributed by atoms with E-state index in [0.717, 1.165) is 11.3 Å². The standard InChI is InChI=1S/C14H21N3O3/c1-4-20-13-7-5-12(6-8-13)9-17(3)10-14(19)16-15-11(2)18/h5-8H,4,9-10H2,1-3H3,(H,15,18)(H,16,19). The second kappa shape index (κ2) is 8.16. The highest BCUT2D eigenvalue weighted by Gasteiger charge is 2.07. The largest absolute Gasteiger partial charge is 0.494 e. The molecule has 0 aliphatic rings. The lowest BCUT2D eigenvalue weighted by atomic mass is 10.2. The van der Waals surface area contributed by atoms with Gasteiger partial charge in [-0.25, -0.2) is 0 Å². The highest BCUT2D eigenvalue weighted by Crippen LogP contribution is 2.13. The SMILES string of the molecule is CCOc1ccc(CN(C)CC(=O)NNC(C)=O)cc1. The van der Waals surface area contributed by atoms with E-state index in [1.807, 2.05) is 43.1 Å². The Morgan fingerprint density at radius 3 is 2.40 bits per heavy atom. The number of carbonyl (C=O) groups excluding carboxylic acids is 2. The van der Waals surface area contributed by atoms with E-state index in [9.17, 15) is 9.59 Å². The fourth-order valence-corrected chi connectivity index (χ4v) is 1.67. The Balaban J connectivity index is 2.39. The summed E-state index contributed by atoms with van der Waals surface area (Å²) in [6.45, 7) is 4.76. The van der Waals surface area contributed by atoms with Crippen LogP contribution < -0.4 is 15.6 Å². The summed E-state index contributed by atoms with van der Waals surface area (Å²) < 4.78 is 5.37. The number of hydrogen-bond acceptors (Lipinski definition) is 4. The molecule has 1 rings (SSSR count). The van der Waals surface area contributed by atoms with Crippen molar-refractivity contribution in [2.75, 3.05) is 20.2 Å². The molecule has 20 heavy (non-hydrogen) atoms. The molecule has 1 aromatic rings. The van der Waals surface area contributed by atoms with Crippen molar-refractivity contribution in [3.05, 3.63) is 29.8 Å². The highest BCUT2D eigenvalue weighted by atomic mass is 16.5. The summed E-state index contributed by atoms with van der Waals surface area (Å²) in [6.07, 6.45) is 0. The third-order valence-electron chi connectivity index (χ3n) is 2.48. The van der Waals surface area contributed by atoms with E-state index in [0.29, 0.717) is 13.2 Å². The van der Waals surface area contributed by atoms with Crippen LogP contribution in [0, 0.1) is 0 Å². The topological polar surface area (TPSA) is 70.7 Å². The number of nitrogens with zero attached hydrogens (tertiary/aromatic N) is 1. The fraction of sp³-hybridized carbons (Fsp3) is 0.429. The number of benzene rings is 1. The van der Waals surface area contributed by atoms with Crippen LogP contribution in [-0.2, 0) is 16.1 Å². The fourth-order valence-electron chi connectivity index (χ4n) is 1.67. The summed E-state index contributed by atoms with van der Waals surface area (Å²) in [6, 6.07) is 7.74. The van der Waals surface area contributed by atoms with Crippen LogP contribution in [0.15, 0.2) is 24.3 Å². The predicted octanol–water partition coefficient (Wildman–Crippen LogP) is 0.684. The number of ether oxygens (including phenoxy) is 1. The zero-order valence-electron chi connectivity index (χ0n) is 12.1. The van der Waals surface area contributed by atoms with Crippen molar-refractivity contribution >= 4 is 11.8 Å². The normalized spacial score (nSPS) is 10.2. The number of nitrogens with one attached hydrogen (secondary N) is 2. The number of hydrogen-bond donors (Lipinski definition) is 2. The van der Waals surface area contributed by atoms with Crippen LogP contribution in [0.4, 0.5) is 0 Å². The van der Waals surface area contributed by atoms with Crippen LogP contribution in [0.2, 0.25) is 0 Å². The van der Waals surface area contributed by atoms with E-state index >= 15 is 0 Å². The molecule has 110 valence electrons. The monoisotopic (exact) mass is 279 g/mol. The summed E-state index contributed by atoms with van der Waals surface area (Å²) >= 11 is 0. The molecule has 1 aromatic carbocycles. The van der Waals surface area contributed by atoms with E-state index in [4.69, 9.17) is 4.74 Å². The number of hydrazine groups is 1. The van der Waals surface area contributed by atoms with Crippen LogP contribution in [0.5, 0.6) is 5.75 Å². The maximum absolute atomic E-state index is 11.5. The molecule has 0 radical (unpaired) electrons. The summed E-state index contributed by atoms with van der Waals surface area (Å²) in [7, 11) is 1.84. The van der Waals surface area contributed by atoms with Gasteiger partial charge in [0.15, 0.2) is 0 Å². The van der Waals surface area contributed by atoms with Crippen LogP contribution in [0.3, 0.4) is 0 Å². The highest BCUT2D eigenvalue weighted by molar-refractivity contribution is 5.81. The molecule has 0 bridgehead atoms. The molecule has 0 spiro atoms. The first-order valence-electron chi connectivity index (χ1n) is 6.47. The third kappa shape index (κ3) is 6.19. The Kier molecular flexibility index (Phi) is 6.52. The molecular formula is C14H21N3O3. The van der Waals surface area contributed by atoms with Crippen molar-refractivity contribution in [2.24, 2.45) is 0 Å². The number of rotatable bonds is 6. The molecule has 6 nitrogen and oxygen atoms in total. The molecule has 2 amide bonds. The molecule has 6 heteroatoms. The molecule has 0 fully saturated rings. The lowest BCUT2D eigenvalue weighted by Gasteiger charge is -2.16. The van der Waals surface area contributed by atoms with E-state index in [1.54, 1.807) is 0 Å². The van der Waals surface area contributed by atoms with Crippen molar-refractivity contribution in [3.8, 4) is 5.75 Å². The Morgan fingerprint density at radius 2 is 1.85 bits per heavy atom. The van der Waals surface area contributed by atoms with Gasteiger partial charge in [-0.1, -0.05) is 12.1 Å². The maximum atomic E-state index is 11.5. The van der Waals surface area contributed by atoms with Gasteiger partial charge in [-0.3, -0.25) is 25.3 Å². The average molecular weight is 279 g/mol. The summed E-state index contributed by atoms with van der Waals surface area (Å²) in [5.74, 6) is 0.281. The molecule has 0 atom stereocenters. The molecule has 2 N–H and O–H groups in total. The molecule has 0 saturated heterocycles. The minimum atomic E-state index is -0.299. The van der Waals surface area contributed by atoms with E-state index in [-0.39, 0.29) is 18.4 Å². The average Bonchev–Trinajstić information content (AvgIpc) is 2.39. The van der Waals surface area contributed by atoms with Gasteiger partial charge < -0.3 is 4.74 Å². The van der Waals surface area contributed by atoms with Crippen LogP contribution in [0.1, 0.15) is 19.4 Å². The minimum absolute atomic E-state index is 0.202. The summed E-state index contributed by atoms with van der Waals surface area (Å²) in [4.78, 5) is 24.0. The van der Waals surface area contributed by atoms with Crippen molar-refractivity contribution < 1.29 is 14.3 Å².